The van der Waals surface area contributed by atoms with E-state index >= 15 is 0 Å². The largest absolute Gasteiger partial charge is 0.460 e. The van der Waals surface area contributed by atoms with Crippen molar-refractivity contribution >= 4 is 5.97 Å². The number of hydrogen-bond acceptors (Lipinski definition) is 5. The molecule has 0 radical (unpaired) electrons. The fourth-order valence-corrected chi connectivity index (χ4v) is 2.44. The normalized spacial score (nSPS) is 20.7. The third-order valence-electron chi connectivity index (χ3n) is 3.34. The molecule has 2 aromatic rings. The first-order valence-corrected chi connectivity index (χ1v) is 6.57. The summed E-state index contributed by atoms with van der Waals surface area (Å²) < 4.78 is 6.50. The second-order valence-corrected chi connectivity index (χ2v) is 4.64. The molecule has 0 spiro atoms. The quantitative estimate of drug-likeness (QED) is 0.857. The van der Waals surface area contributed by atoms with Gasteiger partial charge in [-0.1, -0.05) is 30.3 Å². The van der Waals surface area contributed by atoms with Crippen molar-refractivity contribution in [3.8, 4) is 0 Å². The highest BCUT2D eigenvalue weighted by atomic mass is 16.5. The molecule has 1 aliphatic rings. The van der Waals surface area contributed by atoms with Crippen LogP contribution in [-0.4, -0.2) is 32.4 Å². The number of aliphatic hydroxyl groups is 1. The van der Waals surface area contributed by atoms with E-state index in [0.717, 1.165) is 5.56 Å². The number of aromatic nitrogens is 3. The predicted molar refractivity (Wildman–Crippen MR) is 70.1 cm³/mol. The van der Waals surface area contributed by atoms with Crippen molar-refractivity contribution in [3.05, 3.63) is 47.5 Å². The number of carbonyl (C=O) groups is 1. The molecule has 2 heterocycles. The average molecular weight is 273 g/mol. The van der Waals surface area contributed by atoms with Crippen LogP contribution in [0.5, 0.6) is 0 Å². The Kier molecular flexibility index (Phi) is 3.23. The monoisotopic (exact) mass is 273 g/mol. The minimum Gasteiger partial charge on any atom is -0.460 e. The molecule has 20 heavy (non-hydrogen) atoms. The molecule has 0 saturated heterocycles. The maximum Gasteiger partial charge on any atom is 0.378 e. The van der Waals surface area contributed by atoms with Gasteiger partial charge in [0, 0.05) is 6.42 Å². The van der Waals surface area contributed by atoms with Gasteiger partial charge in [0.15, 0.2) is 5.82 Å². The first-order chi connectivity index (χ1) is 9.70. The Morgan fingerprint density at radius 2 is 2.20 bits per heavy atom. The first kappa shape index (κ1) is 12.8. The van der Waals surface area contributed by atoms with Gasteiger partial charge in [-0.05, 0) is 12.5 Å². The molecular weight excluding hydrogens is 258 g/mol. The third kappa shape index (κ3) is 2.08. The Morgan fingerprint density at radius 1 is 1.45 bits per heavy atom. The molecule has 0 fully saturated rings. The third-order valence-corrected chi connectivity index (χ3v) is 3.34. The van der Waals surface area contributed by atoms with Crippen molar-refractivity contribution in [2.24, 2.45) is 0 Å². The summed E-state index contributed by atoms with van der Waals surface area (Å²) >= 11 is 0. The lowest BCUT2D eigenvalue weighted by Gasteiger charge is -2.11. The summed E-state index contributed by atoms with van der Waals surface area (Å²) in [6, 6.07) is 9.64. The van der Waals surface area contributed by atoms with Gasteiger partial charge >= 0.3 is 5.97 Å². The molecule has 1 unspecified atom stereocenters. The molecule has 0 aliphatic carbocycles. The van der Waals surface area contributed by atoms with Crippen LogP contribution in [0.3, 0.4) is 0 Å². The number of nitrogens with zero attached hydrogens (tertiary/aromatic N) is 3. The Balaban J connectivity index is 1.96. The van der Waals surface area contributed by atoms with Crippen molar-refractivity contribution in [3.63, 3.8) is 0 Å². The average Bonchev–Trinajstić information content (AvgIpc) is 3.01. The van der Waals surface area contributed by atoms with Crippen LogP contribution in [0.4, 0.5) is 0 Å². The highest BCUT2D eigenvalue weighted by Gasteiger charge is 2.35. The van der Waals surface area contributed by atoms with E-state index in [1.807, 2.05) is 30.3 Å². The van der Waals surface area contributed by atoms with Crippen molar-refractivity contribution in [2.45, 2.75) is 25.5 Å². The zero-order valence-electron chi connectivity index (χ0n) is 11.1. The van der Waals surface area contributed by atoms with E-state index in [1.54, 1.807) is 11.6 Å². The zero-order valence-corrected chi connectivity index (χ0v) is 11.1. The summed E-state index contributed by atoms with van der Waals surface area (Å²) in [5.41, 5.74) is 1.03. The highest BCUT2D eigenvalue weighted by Crippen LogP contribution is 2.36. The highest BCUT2D eigenvalue weighted by molar-refractivity contribution is 5.85. The molecule has 0 saturated carbocycles. The van der Waals surface area contributed by atoms with E-state index in [9.17, 15) is 9.90 Å². The van der Waals surface area contributed by atoms with Crippen molar-refractivity contribution < 1.29 is 14.6 Å². The fraction of sp³-hybridized carbons (Fsp3) is 0.357. The van der Waals surface area contributed by atoms with Crippen LogP contribution >= 0.6 is 0 Å². The van der Waals surface area contributed by atoms with E-state index in [2.05, 4.69) is 10.1 Å². The summed E-state index contributed by atoms with van der Waals surface area (Å²) in [7, 11) is 0. The molecule has 2 atom stereocenters. The van der Waals surface area contributed by atoms with Gasteiger partial charge in [0.05, 0.1) is 12.6 Å². The standard InChI is InChI=1S/C14H15N3O3/c1-2-20-14(19)12-15-13-11(18)8-10(17(13)16-12)9-6-4-3-5-7-9/h3-7,10-11,18H,2,8H2,1H3/t10?,11-/m0/s1. The predicted octanol–water partition coefficient (Wildman–Crippen LogP) is 1.48. The van der Waals surface area contributed by atoms with Crippen LogP contribution in [0.25, 0.3) is 0 Å². The maximum atomic E-state index is 11.7. The molecule has 1 aliphatic heterocycles. The van der Waals surface area contributed by atoms with Gasteiger partial charge in [-0.15, -0.1) is 5.10 Å². The first-order valence-electron chi connectivity index (χ1n) is 6.57. The molecule has 3 rings (SSSR count). The zero-order chi connectivity index (χ0) is 14.1. The Bertz CT molecular complexity index is 624. The van der Waals surface area contributed by atoms with Crippen LogP contribution in [0, 0.1) is 0 Å². The summed E-state index contributed by atoms with van der Waals surface area (Å²) in [4.78, 5) is 15.8. The topological polar surface area (TPSA) is 77.2 Å². The number of hydrogen-bond donors (Lipinski definition) is 1. The Labute approximate surface area is 116 Å². The van der Waals surface area contributed by atoms with Crippen molar-refractivity contribution in [2.75, 3.05) is 6.61 Å². The van der Waals surface area contributed by atoms with Gasteiger partial charge in [0.1, 0.15) is 6.10 Å². The summed E-state index contributed by atoms with van der Waals surface area (Å²) in [6.45, 7) is 2.00. The number of benzene rings is 1. The van der Waals surface area contributed by atoms with E-state index in [4.69, 9.17) is 4.74 Å². The van der Waals surface area contributed by atoms with Gasteiger partial charge in [-0.25, -0.2) is 14.5 Å². The Morgan fingerprint density at radius 3 is 2.90 bits per heavy atom. The van der Waals surface area contributed by atoms with E-state index in [0.29, 0.717) is 12.2 Å². The summed E-state index contributed by atoms with van der Waals surface area (Å²) in [5, 5.41) is 14.3. The van der Waals surface area contributed by atoms with Crippen molar-refractivity contribution in [1.82, 2.24) is 14.8 Å². The second kappa shape index (κ2) is 5.05. The maximum absolute atomic E-state index is 11.7. The van der Waals surface area contributed by atoms with Gasteiger partial charge in [0.2, 0.25) is 0 Å². The molecule has 1 aromatic carbocycles. The van der Waals surface area contributed by atoms with Gasteiger partial charge in [-0.2, -0.15) is 0 Å². The minimum absolute atomic E-state index is 0.00142. The second-order valence-electron chi connectivity index (χ2n) is 4.64. The number of ether oxygens (including phenoxy) is 1. The fourth-order valence-electron chi connectivity index (χ4n) is 2.44. The van der Waals surface area contributed by atoms with E-state index in [-0.39, 0.29) is 18.5 Å². The molecule has 1 aromatic heterocycles. The molecular formula is C14H15N3O3. The lowest BCUT2D eigenvalue weighted by atomic mass is 10.0. The SMILES string of the molecule is CCOC(=O)c1nc2n(n1)C(c1ccccc1)C[C@@H]2O. The van der Waals surface area contributed by atoms with Crippen molar-refractivity contribution in [1.29, 1.82) is 0 Å². The molecule has 104 valence electrons. The smallest absolute Gasteiger partial charge is 0.378 e. The molecule has 6 heteroatoms. The van der Waals surface area contributed by atoms with Crippen LogP contribution in [-0.2, 0) is 4.74 Å². The van der Waals surface area contributed by atoms with Gasteiger partial charge in [-0.3, -0.25) is 0 Å². The van der Waals surface area contributed by atoms with Crippen LogP contribution in [0.2, 0.25) is 0 Å². The Hall–Kier alpha value is -2.21. The van der Waals surface area contributed by atoms with Gasteiger partial charge < -0.3 is 9.84 Å². The number of esters is 1. The minimum atomic E-state index is -0.712. The number of carbonyl (C=O) groups excluding carboxylic acids is 1. The number of rotatable bonds is 3. The van der Waals surface area contributed by atoms with Crippen LogP contribution in [0.15, 0.2) is 30.3 Å². The lowest BCUT2D eigenvalue weighted by molar-refractivity contribution is 0.0510. The van der Waals surface area contributed by atoms with E-state index in [1.165, 1.54) is 0 Å². The summed E-state index contributed by atoms with van der Waals surface area (Å²) in [5.74, 6) is -0.142. The summed E-state index contributed by atoms with van der Waals surface area (Å²) in [6.07, 6.45) is -0.196. The van der Waals surface area contributed by atoms with E-state index < -0.39 is 12.1 Å². The molecule has 1 N–H and O–H groups in total. The van der Waals surface area contributed by atoms with Crippen LogP contribution in [0.1, 0.15) is 47.5 Å². The molecule has 6 nitrogen and oxygen atoms in total. The lowest BCUT2D eigenvalue weighted by Crippen LogP contribution is -2.11. The van der Waals surface area contributed by atoms with Crippen LogP contribution < -0.4 is 0 Å². The number of aliphatic hydroxyl groups excluding tert-OH is 1. The molecule has 0 amide bonds. The molecule has 0 bridgehead atoms. The number of fused-ring (bicyclic) bond motifs is 1. The van der Waals surface area contributed by atoms with Gasteiger partial charge in [0.25, 0.3) is 5.82 Å².